The Morgan fingerprint density at radius 2 is 1.95 bits per heavy atom. The largest absolute Gasteiger partial charge is 0.321 e. The van der Waals surface area contributed by atoms with E-state index < -0.39 is 0 Å². The van der Waals surface area contributed by atoms with Crippen LogP contribution in [0.2, 0.25) is 0 Å². The number of rotatable bonds is 5. The van der Waals surface area contributed by atoms with Gasteiger partial charge in [0.1, 0.15) is 0 Å². The third-order valence-electron chi connectivity index (χ3n) is 2.57. The molecule has 1 aromatic heterocycles. The maximum absolute atomic E-state index is 12.0. The smallest absolute Gasteiger partial charge is 0.290 e. The molecule has 1 heterocycles. The Morgan fingerprint density at radius 3 is 2.67 bits per heavy atom. The van der Waals surface area contributed by atoms with E-state index in [2.05, 4.69) is 15.7 Å². The molecule has 6 heteroatoms. The molecule has 0 aliphatic heterocycles. The lowest BCUT2D eigenvalue weighted by atomic mass is 10.3. The maximum atomic E-state index is 12.0. The summed E-state index contributed by atoms with van der Waals surface area (Å²) >= 11 is 0. The number of hydrogen-bond donors (Lipinski definition) is 1. The lowest BCUT2D eigenvalue weighted by molar-refractivity contribution is -0.684. The highest BCUT2D eigenvalue weighted by molar-refractivity contribution is 5.90. The van der Waals surface area contributed by atoms with Crippen molar-refractivity contribution in [3.8, 4) is 0 Å². The first-order valence-electron chi connectivity index (χ1n) is 6.56. The SMILES string of the molecule is CN(C)N=Nc1cccc(NC(=O)C[n+]2ccccc2)c1. The standard InChI is InChI=1S/C15H17N5O/c1-19(2)18-17-14-8-6-7-13(11-14)16-15(21)12-20-9-4-3-5-10-20/h3-11H,12H2,1-2H3/p+1. The van der Waals surface area contributed by atoms with E-state index in [0.717, 1.165) is 0 Å². The van der Waals surface area contributed by atoms with Crippen LogP contribution in [-0.4, -0.2) is 25.0 Å². The van der Waals surface area contributed by atoms with Crippen LogP contribution in [0.1, 0.15) is 0 Å². The zero-order chi connectivity index (χ0) is 15.1. The molecule has 1 amide bonds. The third-order valence-corrected chi connectivity index (χ3v) is 2.57. The highest BCUT2D eigenvalue weighted by Gasteiger charge is 2.08. The van der Waals surface area contributed by atoms with Gasteiger partial charge in [-0.05, 0) is 18.2 Å². The molecule has 0 atom stereocenters. The fourth-order valence-electron chi connectivity index (χ4n) is 1.69. The first kappa shape index (κ1) is 14.6. The van der Waals surface area contributed by atoms with E-state index in [1.807, 2.05) is 53.4 Å². The van der Waals surface area contributed by atoms with Crippen LogP contribution >= 0.6 is 0 Å². The van der Waals surface area contributed by atoms with Crippen molar-refractivity contribution in [1.82, 2.24) is 5.01 Å². The summed E-state index contributed by atoms with van der Waals surface area (Å²) in [7, 11) is 3.60. The molecule has 0 spiro atoms. The summed E-state index contributed by atoms with van der Waals surface area (Å²) in [5, 5.41) is 12.4. The lowest BCUT2D eigenvalue weighted by Crippen LogP contribution is -2.39. The van der Waals surface area contributed by atoms with Gasteiger partial charge in [-0.15, -0.1) is 5.11 Å². The van der Waals surface area contributed by atoms with Crippen molar-refractivity contribution in [2.75, 3.05) is 19.4 Å². The van der Waals surface area contributed by atoms with Crippen molar-refractivity contribution in [3.05, 3.63) is 54.9 Å². The van der Waals surface area contributed by atoms with Gasteiger partial charge in [-0.2, -0.15) is 4.57 Å². The van der Waals surface area contributed by atoms with Crippen molar-refractivity contribution >= 4 is 17.3 Å². The van der Waals surface area contributed by atoms with Crippen LogP contribution in [0.5, 0.6) is 0 Å². The third kappa shape index (κ3) is 5.02. The number of pyridine rings is 1. The minimum atomic E-state index is -0.0899. The molecule has 0 radical (unpaired) electrons. The number of nitrogens with one attached hydrogen (secondary N) is 1. The number of benzene rings is 1. The molecule has 2 aromatic rings. The van der Waals surface area contributed by atoms with Crippen LogP contribution in [0.25, 0.3) is 0 Å². The number of carbonyl (C=O) groups excluding carboxylic acids is 1. The topological polar surface area (TPSA) is 60.9 Å². The van der Waals surface area contributed by atoms with Gasteiger partial charge in [-0.1, -0.05) is 17.4 Å². The Morgan fingerprint density at radius 1 is 1.19 bits per heavy atom. The van der Waals surface area contributed by atoms with Gasteiger partial charge in [0, 0.05) is 31.9 Å². The van der Waals surface area contributed by atoms with E-state index in [0.29, 0.717) is 11.4 Å². The highest BCUT2D eigenvalue weighted by Crippen LogP contribution is 2.18. The number of hydrogen-bond acceptors (Lipinski definition) is 3. The molecule has 0 bridgehead atoms. The van der Waals surface area contributed by atoms with Gasteiger partial charge in [0.25, 0.3) is 5.91 Å². The molecule has 0 saturated carbocycles. The summed E-state index contributed by atoms with van der Waals surface area (Å²) in [5.41, 5.74) is 1.39. The molecule has 0 fully saturated rings. The van der Waals surface area contributed by atoms with Gasteiger partial charge >= 0.3 is 0 Å². The van der Waals surface area contributed by atoms with Crippen molar-refractivity contribution in [3.63, 3.8) is 0 Å². The van der Waals surface area contributed by atoms with Crippen molar-refractivity contribution in [2.45, 2.75) is 6.54 Å². The molecule has 0 unspecified atom stereocenters. The number of amides is 1. The number of carbonyl (C=O) groups is 1. The quantitative estimate of drug-likeness (QED) is 0.519. The molecule has 21 heavy (non-hydrogen) atoms. The van der Waals surface area contributed by atoms with Crippen LogP contribution in [-0.2, 0) is 11.3 Å². The van der Waals surface area contributed by atoms with Crippen LogP contribution in [0.3, 0.4) is 0 Å². The normalized spacial score (nSPS) is 10.6. The predicted octanol–water partition coefficient (Wildman–Crippen LogP) is 2.17. The zero-order valence-electron chi connectivity index (χ0n) is 12.1. The summed E-state index contributed by atoms with van der Waals surface area (Å²) in [5.74, 6) is -0.0899. The number of anilines is 1. The first-order chi connectivity index (χ1) is 10.1. The first-order valence-corrected chi connectivity index (χ1v) is 6.56. The molecule has 0 aliphatic carbocycles. The average molecular weight is 284 g/mol. The maximum Gasteiger partial charge on any atom is 0.290 e. The molecular formula is C15H18N5O+. The minimum Gasteiger partial charge on any atom is -0.321 e. The molecule has 0 saturated heterocycles. The Kier molecular flexibility index (Phi) is 4.98. The fraction of sp³-hybridized carbons (Fsp3) is 0.200. The Balaban J connectivity index is 1.99. The summed E-state index contributed by atoms with van der Waals surface area (Å²) in [6.07, 6.45) is 3.70. The fourth-order valence-corrected chi connectivity index (χ4v) is 1.69. The van der Waals surface area contributed by atoms with E-state index >= 15 is 0 Å². The van der Waals surface area contributed by atoms with Gasteiger partial charge in [0.2, 0.25) is 6.54 Å². The van der Waals surface area contributed by atoms with E-state index in [1.165, 1.54) is 0 Å². The second-order valence-corrected chi connectivity index (χ2v) is 4.68. The number of aromatic nitrogens is 1. The van der Waals surface area contributed by atoms with Gasteiger partial charge in [0.15, 0.2) is 12.4 Å². The van der Waals surface area contributed by atoms with Crippen molar-refractivity contribution in [2.24, 2.45) is 10.3 Å². The van der Waals surface area contributed by atoms with Gasteiger partial charge < -0.3 is 5.32 Å². The van der Waals surface area contributed by atoms with Crippen LogP contribution in [0.15, 0.2) is 65.2 Å². The Hall–Kier alpha value is -2.76. The molecule has 1 aromatic carbocycles. The summed E-state index contributed by atoms with van der Waals surface area (Å²) in [6.45, 7) is 0.268. The van der Waals surface area contributed by atoms with Crippen molar-refractivity contribution < 1.29 is 9.36 Å². The summed E-state index contributed by atoms with van der Waals surface area (Å²) < 4.78 is 1.81. The highest BCUT2D eigenvalue weighted by atomic mass is 16.1. The van der Waals surface area contributed by atoms with E-state index in [9.17, 15) is 4.79 Å². The monoisotopic (exact) mass is 284 g/mol. The van der Waals surface area contributed by atoms with E-state index in [4.69, 9.17) is 0 Å². The minimum absolute atomic E-state index is 0.0899. The van der Waals surface area contributed by atoms with Gasteiger partial charge in [-0.3, -0.25) is 9.80 Å². The molecular weight excluding hydrogens is 266 g/mol. The van der Waals surface area contributed by atoms with Crippen LogP contribution < -0.4 is 9.88 Å². The van der Waals surface area contributed by atoms with Crippen LogP contribution in [0, 0.1) is 0 Å². The van der Waals surface area contributed by atoms with Gasteiger partial charge in [-0.25, -0.2) is 0 Å². The Bertz CT molecular complexity index is 625. The predicted molar refractivity (Wildman–Crippen MR) is 79.9 cm³/mol. The van der Waals surface area contributed by atoms with Crippen molar-refractivity contribution in [1.29, 1.82) is 0 Å². The zero-order valence-corrected chi connectivity index (χ0v) is 12.1. The summed E-state index contributed by atoms with van der Waals surface area (Å²) in [6, 6.07) is 12.9. The molecule has 1 N–H and O–H groups in total. The second-order valence-electron chi connectivity index (χ2n) is 4.68. The molecule has 6 nitrogen and oxygen atoms in total. The second kappa shape index (κ2) is 7.14. The molecule has 108 valence electrons. The Labute approximate surface area is 123 Å². The van der Waals surface area contributed by atoms with E-state index in [1.54, 1.807) is 25.2 Å². The summed E-state index contributed by atoms with van der Waals surface area (Å²) in [4.78, 5) is 12.0. The number of nitrogens with zero attached hydrogens (tertiary/aromatic N) is 4. The van der Waals surface area contributed by atoms with Gasteiger partial charge in [0.05, 0.1) is 5.69 Å². The molecule has 0 aliphatic rings. The van der Waals surface area contributed by atoms with Crippen LogP contribution in [0.4, 0.5) is 11.4 Å². The molecule has 2 rings (SSSR count). The van der Waals surface area contributed by atoms with E-state index in [-0.39, 0.29) is 12.5 Å². The average Bonchev–Trinajstić information content (AvgIpc) is 2.46. The lowest BCUT2D eigenvalue weighted by Gasteiger charge is -2.04.